The van der Waals surface area contributed by atoms with E-state index in [0.29, 0.717) is 22.0 Å². The van der Waals surface area contributed by atoms with Crippen LogP contribution in [0, 0.1) is 13.8 Å². The number of likely N-dealkylation sites (N-methyl/N-ethyl adjacent to an activating group) is 1. The monoisotopic (exact) mass is 411 g/mol. The summed E-state index contributed by atoms with van der Waals surface area (Å²) >= 11 is 6.23. The number of nitrogens with one attached hydrogen (secondary N) is 1. The van der Waals surface area contributed by atoms with Crippen molar-refractivity contribution in [3.05, 3.63) is 69.9 Å². The number of nitrogens with zero attached hydrogens (tertiary/aromatic N) is 2. The zero-order valence-corrected chi connectivity index (χ0v) is 17.5. The van der Waals surface area contributed by atoms with Crippen LogP contribution in [0.1, 0.15) is 27.0 Å². The number of carbonyl (C=O) groups excluding carboxylic acids is 2. The third kappa shape index (κ3) is 4.17. The van der Waals surface area contributed by atoms with Crippen LogP contribution in [0.15, 0.2) is 42.5 Å². The molecule has 0 spiro atoms. The van der Waals surface area contributed by atoms with E-state index in [1.807, 2.05) is 38.1 Å². The predicted octanol–water partition coefficient (Wildman–Crippen LogP) is 3.87. The molecule has 0 aliphatic carbocycles. The van der Waals surface area contributed by atoms with Crippen molar-refractivity contribution in [2.75, 3.05) is 7.05 Å². The van der Waals surface area contributed by atoms with Gasteiger partial charge in [0.1, 0.15) is 17.5 Å². The highest BCUT2D eigenvalue weighted by Gasteiger charge is 2.18. The summed E-state index contributed by atoms with van der Waals surface area (Å²) in [5, 5.41) is 7.43. The number of aromatic nitrogens is 2. The molecule has 0 saturated carbocycles. The lowest BCUT2D eigenvalue weighted by Gasteiger charge is -2.13. The standard InChI is InChI=1S/C22H22ClN3O3/c1-13-11-15(19-14(2)21(23)26(4)25-19)9-10-18(13)29-12-16-7-5-6-8-17(16)20(27)22(28)24-3/h5-11H,12H2,1-4H3,(H,24,28). The molecular formula is C22H22ClN3O3. The molecule has 0 aliphatic heterocycles. The van der Waals surface area contributed by atoms with E-state index in [4.69, 9.17) is 16.3 Å². The highest BCUT2D eigenvalue weighted by Crippen LogP contribution is 2.31. The van der Waals surface area contributed by atoms with Gasteiger partial charge in [-0.3, -0.25) is 14.3 Å². The van der Waals surface area contributed by atoms with Gasteiger partial charge in [0.15, 0.2) is 0 Å². The molecule has 1 aromatic heterocycles. The van der Waals surface area contributed by atoms with E-state index in [1.165, 1.54) is 7.05 Å². The minimum atomic E-state index is -0.651. The van der Waals surface area contributed by atoms with Gasteiger partial charge in [-0.15, -0.1) is 0 Å². The zero-order chi connectivity index (χ0) is 21.1. The van der Waals surface area contributed by atoms with Crippen LogP contribution in [0.3, 0.4) is 0 Å². The van der Waals surface area contributed by atoms with E-state index < -0.39 is 11.7 Å². The second-order valence-electron chi connectivity index (χ2n) is 6.72. The molecule has 6 nitrogen and oxygen atoms in total. The fourth-order valence-corrected chi connectivity index (χ4v) is 3.23. The summed E-state index contributed by atoms with van der Waals surface area (Å²) in [4.78, 5) is 24.0. The lowest BCUT2D eigenvalue weighted by atomic mass is 10.0. The average molecular weight is 412 g/mol. The van der Waals surface area contributed by atoms with Crippen LogP contribution in [-0.2, 0) is 18.4 Å². The Hall–Kier alpha value is -3.12. The van der Waals surface area contributed by atoms with Crippen LogP contribution >= 0.6 is 11.6 Å². The van der Waals surface area contributed by atoms with Crippen molar-refractivity contribution in [3.63, 3.8) is 0 Å². The highest BCUT2D eigenvalue weighted by atomic mass is 35.5. The molecule has 3 aromatic rings. The summed E-state index contributed by atoms with van der Waals surface area (Å²) < 4.78 is 7.59. The van der Waals surface area contributed by atoms with Crippen molar-refractivity contribution < 1.29 is 14.3 Å². The Labute approximate surface area is 174 Å². The van der Waals surface area contributed by atoms with Crippen molar-refractivity contribution in [1.82, 2.24) is 15.1 Å². The molecule has 1 heterocycles. The number of rotatable bonds is 6. The number of ketones is 1. The van der Waals surface area contributed by atoms with E-state index in [2.05, 4.69) is 10.4 Å². The Morgan fingerprint density at radius 2 is 1.90 bits per heavy atom. The number of benzene rings is 2. The van der Waals surface area contributed by atoms with E-state index in [-0.39, 0.29) is 6.61 Å². The normalized spacial score (nSPS) is 10.7. The molecule has 0 bridgehead atoms. The molecule has 0 aliphatic rings. The van der Waals surface area contributed by atoms with Crippen LogP contribution in [-0.4, -0.2) is 28.5 Å². The molecule has 0 unspecified atom stereocenters. The van der Waals surface area contributed by atoms with Gasteiger partial charge in [-0.25, -0.2) is 0 Å². The number of amides is 1. The number of hydrogen-bond acceptors (Lipinski definition) is 4. The van der Waals surface area contributed by atoms with Crippen LogP contribution in [0.25, 0.3) is 11.3 Å². The molecule has 29 heavy (non-hydrogen) atoms. The number of hydrogen-bond donors (Lipinski definition) is 1. The third-order valence-electron chi connectivity index (χ3n) is 4.73. The SMILES string of the molecule is CNC(=O)C(=O)c1ccccc1COc1ccc(-c2nn(C)c(Cl)c2C)cc1C. The Morgan fingerprint density at radius 1 is 1.17 bits per heavy atom. The molecule has 0 atom stereocenters. The summed E-state index contributed by atoms with van der Waals surface area (Å²) in [7, 11) is 3.24. The molecule has 0 fully saturated rings. The molecule has 3 rings (SSSR count). The molecule has 0 radical (unpaired) electrons. The molecular weight excluding hydrogens is 390 g/mol. The molecule has 7 heteroatoms. The van der Waals surface area contributed by atoms with E-state index >= 15 is 0 Å². The van der Waals surface area contributed by atoms with Gasteiger partial charge in [0.05, 0.1) is 5.69 Å². The van der Waals surface area contributed by atoms with E-state index in [1.54, 1.807) is 29.9 Å². The van der Waals surface area contributed by atoms with Gasteiger partial charge in [-0.2, -0.15) is 5.10 Å². The number of halogens is 1. The first-order valence-corrected chi connectivity index (χ1v) is 9.48. The summed E-state index contributed by atoms with van der Waals surface area (Å²) in [6.07, 6.45) is 0. The fraction of sp³-hybridized carbons (Fsp3) is 0.227. The highest BCUT2D eigenvalue weighted by molar-refractivity contribution is 6.43. The van der Waals surface area contributed by atoms with Crippen molar-refractivity contribution >= 4 is 23.3 Å². The topological polar surface area (TPSA) is 73.2 Å². The first-order chi connectivity index (χ1) is 13.8. The number of ether oxygens (including phenoxy) is 1. The smallest absolute Gasteiger partial charge is 0.292 e. The van der Waals surface area contributed by atoms with Crippen molar-refractivity contribution in [2.45, 2.75) is 20.5 Å². The number of Topliss-reactive ketones (excluding diaryl/α,β-unsaturated/α-hetero) is 1. The quantitative estimate of drug-likeness (QED) is 0.493. The van der Waals surface area contributed by atoms with Crippen LogP contribution < -0.4 is 10.1 Å². The lowest BCUT2D eigenvalue weighted by molar-refractivity contribution is -0.116. The first kappa shape index (κ1) is 20.6. The van der Waals surface area contributed by atoms with Crippen LogP contribution in [0.5, 0.6) is 5.75 Å². The maximum Gasteiger partial charge on any atom is 0.292 e. The van der Waals surface area contributed by atoms with Gasteiger partial charge < -0.3 is 10.1 Å². The predicted molar refractivity (Wildman–Crippen MR) is 112 cm³/mol. The van der Waals surface area contributed by atoms with Gasteiger partial charge in [-0.05, 0) is 37.6 Å². The summed E-state index contributed by atoms with van der Waals surface area (Å²) in [5.41, 5.74) is 4.61. The van der Waals surface area contributed by atoms with Crippen LogP contribution in [0.2, 0.25) is 5.15 Å². The van der Waals surface area contributed by atoms with Gasteiger partial charge in [-0.1, -0.05) is 35.9 Å². The molecule has 2 aromatic carbocycles. The Morgan fingerprint density at radius 3 is 2.52 bits per heavy atom. The minimum absolute atomic E-state index is 0.174. The van der Waals surface area contributed by atoms with Gasteiger partial charge in [0.2, 0.25) is 0 Å². The average Bonchev–Trinajstić information content (AvgIpc) is 2.99. The first-order valence-electron chi connectivity index (χ1n) is 9.10. The van der Waals surface area contributed by atoms with Crippen molar-refractivity contribution in [1.29, 1.82) is 0 Å². The number of carbonyl (C=O) groups is 2. The largest absolute Gasteiger partial charge is 0.489 e. The van der Waals surface area contributed by atoms with Gasteiger partial charge in [0.25, 0.3) is 11.7 Å². The summed E-state index contributed by atoms with van der Waals surface area (Å²) in [6, 6.07) is 12.7. The Kier molecular flexibility index (Phi) is 6.03. The maximum absolute atomic E-state index is 12.3. The Bertz CT molecular complexity index is 1090. The molecule has 1 N–H and O–H groups in total. The molecule has 1 amide bonds. The van der Waals surface area contributed by atoms with Crippen molar-refractivity contribution in [3.8, 4) is 17.0 Å². The zero-order valence-electron chi connectivity index (χ0n) is 16.7. The maximum atomic E-state index is 12.3. The summed E-state index contributed by atoms with van der Waals surface area (Å²) in [6.45, 7) is 4.05. The molecule has 0 saturated heterocycles. The minimum Gasteiger partial charge on any atom is -0.489 e. The van der Waals surface area contributed by atoms with Gasteiger partial charge >= 0.3 is 0 Å². The van der Waals surface area contributed by atoms with E-state index in [0.717, 1.165) is 22.4 Å². The van der Waals surface area contributed by atoms with Crippen molar-refractivity contribution in [2.24, 2.45) is 7.05 Å². The van der Waals surface area contributed by atoms with Crippen LogP contribution in [0.4, 0.5) is 0 Å². The van der Waals surface area contributed by atoms with Gasteiger partial charge in [0, 0.05) is 36.3 Å². The summed E-state index contributed by atoms with van der Waals surface area (Å²) in [5.74, 6) is -0.542. The Balaban J connectivity index is 1.82. The third-order valence-corrected chi connectivity index (χ3v) is 5.25. The lowest BCUT2D eigenvalue weighted by Crippen LogP contribution is -2.28. The molecule has 150 valence electrons. The number of aryl methyl sites for hydroxylation is 2. The second-order valence-corrected chi connectivity index (χ2v) is 7.08. The second kappa shape index (κ2) is 8.49. The van der Waals surface area contributed by atoms with E-state index in [9.17, 15) is 9.59 Å². The fourth-order valence-electron chi connectivity index (χ4n) is 3.10.